The van der Waals surface area contributed by atoms with Crippen molar-refractivity contribution in [2.45, 2.75) is 37.6 Å². The van der Waals surface area contributed by atoms with Crippen molar-refractivity contribution in [3.8, 4) is 11.5 Å². The van der Waals surface area contributed by atoms with Gasteiger partial charge in [0.25, 0.3) is 10.0 Å². The molecule has 42 heavy (non-hydrogen) atoms. The molecule has 0 saturated carbocycles. The molecule has 2 aliphatic heterocycles. The van der Waals surface area contributed by atoms with Gasteiger partial charge < -0.3 is 20.0 Å². The average molecular weight is 625 g/mol. The Morgan fingerprint density at radius 2 is 1.81 bits per heavy atom. The van der Waals surface area contributed by atoms with Crippen molar-refractivity contribution in [3.05, 3.63) is 70.6 Å². The zero-order chi connectivity index (χ0) is 30.4. The molecular formula is C29H32ClF3N4O4S. The molecule has 2 fully saturated rings. The standard InChI is InChI=1S/C29H32ClF3N4O4S/c1-29(19-8-11-35(2)12-9-19)10-13-36(17-29)22-15-21(31)28(27(33)26(22)30)42(40,41)37(25-5-3-4-24(32)34-25)16-18-6-7-20(38)14-23(18)39/h3-7,14-15,19,38-39H,8-13,16-17H2,1-2H3. The van der Waals surface area contributed by atoms with Gasteiger partial charge in [0, 0.05) is 30.8 Å². The summed E-state index contributed by atoms with van der Waals surface area (Å²) in [5.41, 5.74) is -0.0565. The van der Waals surface area contributed by atoms with E-state index < -0.39 is 55.6 Å². The van der Waals surface area contributed by atoms with Crippen molar-refractivity contribution in [2.24, 2.45) is 11.3 Å². The van der Waals surface area contributed by atoms with Crippen LogP contribution in [0.2, 0.25) is 5.02 Å². The number of hydrogen-bond acceptors (Lipinski definition) is 7. The molecule has 2 saturated heterocycles. The number of pyridine rings is 1. The summed E-state index contributed by atoms with van der Waals surface area (Å²) in [4.78, 5) is 6.35. The number of nitrogens with zero attached hydrogens (tertiary/aromatic N) is 4. The second-order valence-electron chi connectivity index (χ2n) is 11.4. The monoisotopic (exact) mass is 624 g/mol. The quantitative estimate of drug-likeness (QED) is 0.264. The fourth-order valence-electron chi connectivity index (χ4n) is 6.04. The third-order valence-electron chi connectivity index (χ3n) is 8.53. The van der Waals surface area contributed by atoms with Crippen molar-refractivity contribution < 1.29 is 31.8 Å². The third-order valence-corrected chi connectivity index (χ3v) is 10.7. The minimum atomic E-state index is -5.09. The molecule has 2 aromatic carbocycles. The van der Waals surface area contributed by atoms with Crippen LogP contribution in [-0.2, 0) is 16.6 Å². The van der Waals surface area contributed by atoms with Crippen LogP contribution < -0.4 is 9.21 Å². The lowest BCUT2D eigenvalue weighted by Crippen LogP contribution is -2.39. The summed E-state index contributed by atoms with van der Waals surface area (Å²) in [6.45, 7) is 4.48. The number of phenolic OH excluding ortho intramolecular Hbond substituents is 2. The Labute approximate surface area is 248 Å². The van der Waals surface area contributed by atoms with Crippen molar-refractivity contribution in [2.75, 3.05) is 42.4 Å². The highest BCUT2D eigenvalue weighted by atomic mass is 35.5. The number of phenols is 2. The Balaban J connectivity index is 1.51. The van der Waals surface area contributed by atoms with E-state index in [2.05, 4.69) is 23.9 Å². The van der Waals surface area contributed by atoms with E-state index in [-0.39, 0.29) is 22.4 Å². The molecule has 2 aliphatic rings. The predicted octanol–water partition coefficient (Wildman–Crippen LogP) is 5.52. The number of sulfonamides is 1. The number of benzene rings is 2. The van der Waals surface area contributed by atoms with Gasteiger partial charge in [-0.15, -0.1) is 0 Å². The second kappa shape index (κ2) is 11.5. The molecule has 3 heterocycles. The third kappa shape index (κ3) is 5.71. The normalized spacial score (nSPS) is 20.3. The fraction of sp³-hybridized carbons (Fsp3) is 0.414. The lowest BCUT2D eigenvalue weighted by molar-refractivity contribution is 0.117. The van der Waals surface area contributed by atoms with Gasteiger partial charge in [0.1, 0.15) is 28.2 Å². The molecular weight excluding hydrogens is 593 g/mol. The SMILES string of the molecule is CN1CCC(C2(C)CCN(c3cc(F)c(S(=O)(=O)N(Cc4ccc(O)cc4O)c4cccc(F)n4)c(F)c3Cl)C2)CC1. The number of anilines is 2. The summed E-state index contributed by atoms with van der Waals surface area (Å²) in [5.74, 6) is -4.68. The molecule has 0 aliphatic carbocycles. The molecule has 3 aromatic rings. The highest BCUT2D eigenvalue weighted by Crippen LogP contribution is 2.46. The molecule has 2 N–H and O–H groups in total. The Morgan fingerprint density at radius 1 is 1.10 bits per heavy atom. The van der Waals surface area contributed by atoms with Crippen LogP contribution in [-0.4, -0.2) is 61.7 Å². The average Bonchev–Trinajstić information content (AvgIpc) is 3.33. The van der Waals surface area contributed by atoms with Gasteiger partial charge in [-0.25, -0.2) is 26.5 Å². The highest BCUT2D eigenvalue weighted by molar-refractivity contribution is 7.92. The van der Waals surface area contributed by atoms with Gasteiger partial charge >= 0.3 is 0 Å². The smallest absolute Gasteiger partial charge is 0.271 e. The topological polar surface area (TPSA) is 97.2 Å². The Morgan fingerprint density at radius 3 is 2.48 bits per heavy atom. The predicted molar refractivity (Wildman–Crippen MR) is 154 cm³/mol. The maximum Gasteiger partial charge on any atom is 0.271 e. The number of hydrogen-bond donors (Lipinski definition) is 2. The van der Waals surface area contributed by atoms with E-state index in [4.69, 9.17) is 11.6 Å². The number of likely N-dealkylation sites (tertiary alicyclic amines) is 1. The van der Waals surface area contributed by atoms with Crippen LogP contribution in [0.25, 0.3) is 0 Å². The molecule has 13 heteroatoms. The lowest BCUT2D eigenvalue weighted by atomic mass is 9.72. The van der Waals surface area contributed by atoms with Gasteiger partial charge in [-0.1, -0.05) is 24.6 Å². The first-order valence-electron chi connectivity index (χ1n) is 13.6. The van der Waals surface area contributed by atoms with E-state index >= 15 is 8.78 Å². The van der Waals surface area contributed by atoms with Crippen molar-refractivity contribution in [3.63, 3.8) is 0 Å². The Kier molecular flexibility index (Phi) is 8.25. The number of aromatic nitrogens is 1. The van der Waals surface area contributed by atoms with Crippen LogP contribution in [0.5, 0.6) is 11.5 Å². The zero-order valence-corrected chi connectivity index (χ0v) is 24.8. The molecule has 5 rings (SSSR count). The Hall–Kier alpha value is -3.22. The molecule has 226 valence electrons. The van der Waals surface area contributed by atoms with Gasteiger partial charge in [0.15, 0.2) is 10.7 Å². The van der Waals surface area contributed by atoms with E-state index in [1.165, 1.54) is 18.2 Å². The van der Waals surface area contributed by atoms with E-state index in [1.54, 1.807) is 4.90 Å². The van der Waals surface area contributed by atoms with Crippen molar-refractivity contribution in [1.82, 2.24) is 9.88 Å². The fourth-order valence-corrected chi connectivity index (χ4v) is 7.87. The molecule has 1 aromatic heterocycles. The van der Waals surface area contributed by atoms with Gasteiger partial charge in [-0.2, -0.15) is 4.39 Å². The molecule has 0 amide bonds. The van der Waals surface area contributed by atoms with Crippen molar-refractivity contribution in [1.29, 1.82) is 0 Å². The molecule has 1 atom stereocenters. The first-order valence-corrected chi connectivity index (χ1v) is 15.4. The van der Waals surface area contributed by atoms with E-state index in [9.17, 15) is 23.0 Å². The Bertz CT molecular complexity index is 1600. The maximum atomic E-state index is 15.9. The highest BCUT2D eigenvalue weighted by Gasteiger charge is 2.43. The zero-order valence-electron chi connectivity index (χ0n) is 23.2. The molecule has 1 unspecified atom stereocenters. The second-order valence-corrected chi connectivity index (χ2v) is 13.6. The van der Waals surface area contributed by atoms with Crippen LogP contribution in [0.1, 0.15) is 31.7 Å². The van der Waals surface area contributed by atoms with Crippen molar-refractivity contribution >= 4 is 33.1 Å². The number of piperidine rings is 1. The minimum Gasteiger partial charge on any atom is -0.508 e. The first-order chi connectivity index (χ1) is 19.8. The van der Waals surface area contributed by atoms with Crippen LogP contribution in [0.15, 0.2) is 47.4 Å². The van der Waals surface area contributed by atoms with Crippen LogP contribution >= 0.6 is 11.6 Å². The summed E-state index contributed by atoms with van der Waals surface area (Å²) in [6, 6.07) is 7.64. The van der Waals surface area contributed by atoms with Gasteiger partial charge in [0.05, 0.1) is 12.2 Å². The number of aromatic hydroxyl groups is 2. The van der Waals surface area contributed by atoms with E-state index in [0.717, 1.165) is 56.6 Å². The minimum absolute atomic E-state index is 0.0313. The van der Waals surface area contributed by atoms with Gasteiger partial charge in [-0.3, -0.25) is 0 Å². The maximum absolute atomic E-state index is 15.9. The van der Waals surface area contributed by atoms with Crippen LogP contribution in [0, 0.1) is 28.9 Å². The van der Waals surface area contributed by atoms with Gasteiger partial charge in [-0.05, 0) is 75.0 Å². The van der Waals surface area contributed by atoms with E-state index in [1.807, 2.05) is 0 Å². The van der Waals surface area contributed by atoms with Crippen LogP contribution in [0.4, 0.5) is 24.7 Å². The summed E-state index contributed by atoms with van der Waals surface area (Å²) < 4.78 is 73.9. The summed E-state index contributed by atoms with van der Waals surface area (Å²) >= 11 is 6.42. The first kappa shape index (κ1) is 30.2. The number of rotatable bonds is 7. The van der Waals surface area contributed by atoms with Crippen LogP contribution in [0.3, 0.4) is 0 Å². The van der Waals surface area contributed by atoms with Gasteiger partial charge in [0.2, 0.25) is 5.95 Å². The summed E-state index contributed by atoms with van der Waals surface area (Å²) in [5, 5.41) is 19.4. The summed E-state index contributed by atoms with van der Waals surface area (Å²) in [6.07, 6.45) is 2.85. The lowest BCUT2D eigenvalue weighted by Gasteiger charge is -2.39. The van der Waals surface area contributed by atoms with E-state index in [0.29, 0.717) is 23.3 Å². The molecule has 0 spiro atoms. The largest absolute Gasteiger partial charge is 0.508 e. The molecule has 0 bridgehead atoms. The molecule has 8 nitrogen and oxygen atoms in total. The molecule has 0 radical (unpaired) electrons. The summed E-state index contributed by atoms with van der Waals surface area (Å²) in [7, 11) is -3.01. The number of halogens is 4.